The fraction of sp³-hybridized carbons (Fsp3) is 0.562. The number of amides is 1. The summed E-state index contributed by atoms with van der Waals surface area (Å²) in [6.07, 6.45) is 3.81. The molecule has 0 saturated heterocycles. The molecule has 114 valence electrons. The van der Waals surface area contributed by atoms with Gasteiger partial charge in [-0.2, -0.15) is 0 Å². The normalized spacial score (nSPS) is 25.8. The van der Waals surface area contributed by atoms with E-state index in [0.29, 0.717) is 12.2 Å². The van der Waals surface area contributed by atoms with Crippen molar-refractivity contribution >= 4 is 5.91 Å². The van der Waals surface area contributed by atoms with Crippen LogP contribution >= 0.6 is 0 Å². The maximum atomic E-state index is 12.7. The number of carbonyl (C=O) groups is 1. The Morgan fingerprint density at radius 1 is 1.38 bits per heavy atom. The highest BCUT2D eigenvalue weighted by Gasteiger charge is 2.58. The van der Waals surface area contributed by atoms with Crippen LogP contribution in [0.5, 0.6) is 5.75 Å². The monoisotopic (exact) mass is 293 g/mol. The number of hydrogen-bond acceptors (Lipinski definition) is 3. The number of ether oxygens (including phenoxy) is 1. The molecule has 2 fully saturated rings. The minimum absolute atomic E-state index is 0.0481. The Hall–Kier alpha value is -1.62. The number of rotatable bonds is 5. The molecule has 2 unspecified atom stereocenters. The summed E-state index contributed by atoms with van der Waals surface area (Å²) in [6, 6.07) is 5.84. The summed E-state index contributed by atoms with van der Waals surface area (Å²) in [5.74, 6) is 0.188. The van der Waals surface area contributed by atoms with Gasteiger partial charge in [0.25, 0.3) is 0 Å². The molecule has 0 aliphatic heterocycles. The van der Waals surface area contributed by atoms with E-state index in [1.807, 2.05) is 0 Å². The first kappa shape index (κ1) is 14.3. The Labute approximate surface area is 123 Å². The predicted molar refractivity (Wildman–Crippen MR) is 75.4 cm³/mol. The van der Waals surface area contributed by atoms with Crippen molar-refractivity contribution in [3.8, 4) is 5.75 Å². The van der Waals surface area contributed by atoms with Crippen LogP contribution in [0, 0.1) is 11.2 Å². The molecule has 3 rings (SSSR count). The fourth-order valence-corrected chi connectivity index (χ4v) is 3.29. The van der Waals surface area contributed by atoms with E-state index in [0.717, 1.165) is 19.3 Å². The van der Waals surface area contributed by atoms with Crippen LogP contribution < -0.4 is 10.1 Å². The van der Waals surface area contributed by atoms with Gasteiger partial charge in [-0.15, -0.1) is 0 Å². The van der Waals surface area contributed by atoms with Crippen molar-refractivity contribution < 1.29 is 19.0 Å². The SMILES string of the molecule is O=C(CCOc1ccc(F)cc1)NC1CC(O)C12CCC2. The minimum atomic E-state index is -0.311. The molecule has 2 aliphatic carbocycles. The number of nitrogens with one attached hydrogen (secondary N) is 1. The van der Waals surface area contributed by atoms with Crippen LogP contribution in [-0.4, -0.2) is 29.8 Å². The molecule has 2 atom stereocenters. The highest BCUT2D eigenvalue weighted by molar-refractivity contribution is 5.76. The summed E-state index contributed by atoms with van der Waals surface area (Å²) >= 11 is 0. The third kappa shape index (κ3) is 2.75. The van der Waals surface area contributed by atoms with Crippen molar-refractivity contribution in [2.24, 2.45) is 5.41 Å². The minimum Gasteiger partial charge on any atom is -0.493 e. The van der Waals surface area contributed by atoms with E-state index in [9.17, 15) is 14.3 Å². The highest BCUT2D eigenvalue weighted by Crippen LogP contribution is 2.55. The summed E-state index contributed by atoms with van der Waals surface area (Å²) < 4.78 is 18.1. The smallest absolute Gasteiger partial charge is 0.223 e. The van der Waals surface area contributed by atoms with Gasteiger partial charge in [0.05, 0.1) is 19.1 Å². The molecule has 1 spiro atoms. The third-order valence-corrected chi connectivity index (χ3v) is 4.85. The van der Waals surface area contributed by atoms with Crippen LogP contribution in [0.4, 0.5) is 4.39 Å². The van der Waals surface area contributed by atoms with Crippen molar-refractivity contribution in [2.75, 3.05) is 6.61 Å². The van der Waals surface area contributed by atoms with Gasteiger partial charge >= 0.3 is 0 Å². The summed E-state index contributed by atoms with van der Waals surface area (Å²) in [5, 5.41) is 12.8. The van der Waals surface area contributed by atoms with Crippen LogP contribution in [0.1, 0.15) is 32.1 Å². The molecular weight excluding hydrogens is 273 g/mol. The summed E-state index contributed by atoms with van der Waals surface area (Å²) in [6.45, 7) is 0.264. The van der Waals surface area contributed by atoms with Crippen LogP contribution in [0.3, 0.4) is 0 Å². The van der Waals surface area contributed by atoms with Crippen LogP contribution in [0.15, 0.2) is 24.3 Å². The van der Waals surface area contributed by atoms with Crippen molar-refractivity contribution in [1.82, 2.24) is 5.32 Å². The molecule has 5 heteroatoms. The molecule has 1 amide bonds. The van der Waals surface area contributed by atoms with Gasteiger partial charge in [-0.25, -0.2) is 4.39 Å². The van der Waals surface area contributed by atoms with Gasteiger partial charge < -0.3 is 15.2 Å². The number of aliphatic hydroxyl groups excluding tert-OH is 1. The predicted octanol–water partition coefficient (Wildman–Crippen LogP) is 2.01. The van der Waals surface area contributed by atoms with E-state index in [4.69, 9.17) is 4.74 Å². The zero-order valence-electron chi connectivity index (χ0n) is 11.8. The molecule has 0 bridgehead atoms. The molecule has 0 radical (unpaired) electrons. The van der Waals surface area contributed by atoms with E-state index < -0.39 is 0 Å². The Morgan fingerprint density at radius 2 is 2.10 bits per heavy atom. The summed E-state index contributed by atoms with van der Waals surface area (Å²) in [4.78, 5) is 11.9. The van der Waals surface area contributed by atoms with Crippen molar-refractivity contribution in [3.63, 3.8) is 0 Å². The van der Waals surface area contributed by atoms with Crippen molar-refractivity contribution in [3.05, 3.63) is 30.1 Å². The Balaban J connectivity index is 1.40. The molecule has 1 aromatic carbocycles. The average molecular weight is 293 g/mol. The number of benzene rings is 1. The lowest BCUT2D eigenvalue weighted by Crippen LogP contribution is -2.67. The molecule has 1 aromatic rings. The second-order valence-electron chi connectivity index (χ2n) is 6.01. The van der Waals surface area contributed by atoms with Gasteiger partial charge in [-0.05, 0) is 43.5 Å². The molecule has 4 nitrogen and oxygen atoms in total. The quantitative estimate of drug-likeness (QED) is 0.873. The second kappa shape index (κ2) is 5.64. The first-order valence-electron chi connectivity index (χ1n) is 7.46. The molecule has 0 aromatic heterocycles. The number of carbonyl (C=O) groups excluding carboxylic acids is 1. The van der Waals surface area contributed by atoms with Gasteiger partial charge in [0.2, 0.25) is 5.91 Å². The summed E-state index contributed by atoms with van der Waals surface area (Å²) in [5.41, 5.74) is -0.0481. The molecule has 2 saturated carbocycles. The van der Waals surface area contributed by atoms with Crippen LogP contribution in [-0.2, 0) is 4.79 Å². The molecule has 0 heterocycles. The van der Waals surface area contributed by atoms with Gasteiger partial charge in [-0.1, -0.05) is 6.42 Å². The largest absolute Gasteiger partial charge is 0.493 e. The molecule has 21 heavy (non-hydrogen) atoms. The topological polar surface area (TPSA) is 58.6 Å². The van der Waals surface area contributed by atoms with E-state index in [1.165, 1.54) is 12.1 Å². The Kier molecular flexibility index (Phi) is 3.85. The van der Waals surface area contributed by atoms with Crippen LogP contribution in [0.2, 0.25) is 0 Å². The molecule has 2 N–H and O–H groups in total. The lowest BCUT2D eigenvalue weighted by molar-refractivity contribution is -0.154. The van der Waals surface area contributed by atoms with Crippen molar-refractivity contribution in [2.45, 2.75) is 44.2 Å². The Bertz CT molecular complexity index is 513. The van der Waals surface area contributed by atoms with Crippen molar-refractivity contribution in [1.29, 1.82) is 0 Å². The average Bonchev–Trinajstić information content (AvgIpc) is 2.38. The van der Waals surface area contributed by atoms with E-state index in [1.54, 1.807) is 12.1 Å². The lowest BCUT2D eigenvalue weighted by atomic mass is 9.51. The first-order valence-corrected chi connectivity index (χ1v) is 7.46. The van der Waals surface area contributed by atoms with E-state index >= 15 is 0 Å². The van der Waals surface area contributed by atoms with Crippen LogP contribution in [0.25, 0.3) is 0 Å². The maximum absolute atomic E-state index is 12.7. The maximum Gasteiger partial charge on any atom is 0.223 e. The van der Waals surface area contributed by atoms with E-state index in [-0.39, 0.29) is 42.3 Å². The zero-order chi connectivity index (χ0) is 14.9. The van der Waals surface area contributed by atoms with Gasteiger partial charge in [0.15, 0.2) is 0 Å². The third-order valence-electron chi connectivity index (χ3n) is 4.85. The number of hydrogen-bond donors (Lipinski definition) is 2. The standard InChI is InChI=1S/C16H20FNO3/c17-11-2-4-12(5-3-11)21-9-6-15(20)18-13-10-14(19)16(13)7-1-8-16/h2-5,13-14,19H,1,6-10H2,(H,18,20). The van der Waals surface area contributed by atoms with Gasteiger partial charge in [-0.3, -0.25) is 4.79 Å². The fourth-order valence-electron chi connectivity index (χ4n) is 3.29. The molecular formula is C16H20FNO3. The van der Waals surface area contributed by atoms with Gasteiger partial charge in [0, 0.05) is 11.5 Å². The number of aliphatic hydroxyl groups is 1. The lowest BCUT2D eigenvalue weighted by Gasteiger charge is -2.59. The highest BCUT2D eigenvalue weighted by atomic mass is 19.1. The zero-order valence-corrected chi connectivity index (χ0v) is 11.8. The van der Waals surface area contributed by atoms with E-state index in [2.05, 4.69) is 5.32 Å². The molecule has 2 aliphatic rings. The van der Waals surface area contributed by atoms with Gasteiger partial charge in [0.1, 0.15) is 11.6 Å². The Morgan fingerprint density at radius 3 is 2.67 bits per heavy atom. The number of halogens is 1. The second-order valence-corrected chi connectivity index (χ2v) is 6.01. The first-order chi connectivity index (χ1) is 10.1. The summed E-state index contributed by atoms with van der Waals surface area (Å²) in [7, 11) is 0.